The van der Waals surface area contributed by atoms with Gasteiger partial charge in [0, 0.05) is 5.02 Å². The average Bonchev–Trinajstić information content (AvgIpc) is 3.02. The van der Waals surface area contributed by atoms with E-state index in [1.165, 1.54) is 12.1 Å². The molecular weight excluding hydrogens is 418 g/mol. The van der Waals surface area contributed by atoms with Gasteiger partial charge in [-0.15, -0.1) is 0 Å². The van der Waals surface area contributed by atoms with Gasteiger partial charge in [-0.25, -0.2) is 9.69 Å². The molecule has 0 aromatic heterocycles. The summed E-state index contributed by atoms with van der Waals surface area (Å²) in [7, 11) is 0. The summed E-state index contributed by atoms with van der Waals surface area (Å²) in [4.78, 5) is 38.6. The maximum Gasteiger partial charge on any atom is 0.352 e. The second-order valence-corrected chi connectivity index (χ2v) is 7.48. The zero-order valence-electron chi connectivity index (χ0n) is 16.8. The molecule has 1 aliphatic rings. The average molecular weight is 436 g/mol. The van der Waals surface area contributed by atoms with E-state index in [1.54, 1.807) is 61.5 Å². The van der Waals surface area contributed by atoms with Gasteiger partial charge in [0.2, 0.25) is 0 Å². The highest BCUT2D eigenvalue weighted by Crippen LogP contribution is 2.29. The molecule has 0 radical (unpaired) electrons. The number of aryl methyl sites for hydroxylation is 1. The number of rotatable bonds is 5. The summed E-state index contributed by atoms with van der Waals surface area (Å²) in [6, 6.07) is 17.9. The van der Waals surface area contributed by atoms with Gasteiger partial charge in [-0.3, -0.25) is 9.59 Å². The Bertz CT molecular complexity index is 1150. The monoisotopic (exact) mass is 435 g/mol. The van der Waals surface area contributed by atoms with E-state index in [0.29, 0.717) is 27.6 Å². The number of carbonyl (C=O) groups is 3. The van der Waals surface area contributed by atoms with Crippen molar-refractivity contribution in [3.8, 4) is 11.5 Å². The van der Waals surface area contributed by atoms with Crippen LogP contribution in [0.4, 0.5) is 5.69 Å². The summed E-state index contributed by atoms with van der Waals surface area (Å²) < 4.78 is 11.0. The van der Waals surface area contributed by atoms with Crippen molar-refractivity contribution in [1.29, 1.82) is 0 Å². The highest BCUT2D eigenvalue weighted by atomic mass is 35.5. The molecule has 1 aliphatic heterocycles. The standard InChI is InChI=1S/C24H18ClNO5/c1-14-13-18(11-12-21(14)25)30-15(2)24(29)31-17-9-7-16(8-10-17)26-22(27)19-5-3-4-6-20(19)23(26)28/h3-13,15H,1-2H3. The molecule has 0 saturated heterocycles. The second kappa shape index (κ2) is 8.24. The van der Waals surface area contributed by atoms with Gasteiger partial charge in [-0.2, -0.15) is 0 Å². The summed E-state index contributed by atoms with van der Waals surface area (Å²) in [5, 5.41) is 0.612. The van der Waals surface area contributed by atoms with Gasteiger partial charge in [0.25, 0.3) is 11.8 Å². The van der Waals surface area contributed by atoms with Gasteiger partial charge in [0.1, 0.15) is 11.5 Å². The highest BCUT2D eigenvalue weighted by Gasteiger charge is 2.36. The Kier molecular flexibility index (Phi) is 5.48. The summed E-state index contributed by atoms with van der Waals surface area (Å²) in [6.07, 6.45) is -0.850. The zero-order chi connectivity index (χ0) is 22.1. The number of nitrogens with zero attached hydrogens (tertiary/aromatic N) is 1. The number of hydrogen-bond acceptors (Lipinski definition) is 5. The number of anilines is 1. The predicted molar refractivity (Wildman–Crippen MR) is 116 cm³/mol. The fourth-order valence-electron chi connectivity index (χ4n) is 3.23. The van der Waals surface area contributed by atoms with E-state index in [-0.39, 0.29) is 17.6 Å². The minimum absolute atomic E-state index is 0.271. The van der Waals surface area contributed by atoms with Crippen molar-refractivity contribution >= 4 is 35.1 Å². The van der Waals surface area contributed by atoms with E-state index in [0.717, 1.165) is 10.5 Å². The zero-order valence-corrected chi connectivity index (χ0v) is 17.6. The van der Waals surface area contributed by atoms with E-state index < -0.39 is 12.1 Å². The number of fused-ring (bicyclic) bond motifs is 1. The topological polar surface area (TPSA) is 72.9 Å². The molecule has 1 atom stereocenters. The van der Waals surface area contributed by atoms with Crippen molar-refractivity contribution in [3.05, 3.63) is 88.4 Å². The number of halogens is 1. The molecule has 0 fully saturated rings. The number of carbonyl (C=O) groups excluding carboxylic acids is 3. The molecule has 0 N–H and O–H groups in total. The quantitative estimate of drug-likeness (QED) is 0.326. The second-order valence-electron chi connectivity index (χ2n) is 7.08. The van der Waals surface area contributed by atoms with Crippen molar-refractivity contribution in [2.45, 2.75) is 20.0 Å². The van der Waals surface area contributed by atoms with Crippen LogP contribution in [-0.4, -0.2) is 23.9 Å². The summed E-state index contributed by atoms with van der Waals surface area (Å²) in [5.74, 6) is -0.572. The third kappa shape index (κ3) is 4.02. The van der Waals surface area contributed by atoms with Gasteiger partial charge in [-0.05, 0) is 74.0 Å². The van der Waals surface area contributed by atoms with Crippen molar-refractivity contribution < 1.29 is 23.9 Å². The Morgan fingerprint density at radius 3 is 2.06 bits per heavy atom. The number of hydrogen-bond donors (Lipinski definition) is 0. The van der Waals surface area contributed by atoms with E-state index in [4.69, 9.17) is 21.1 Å². The molecule has 1 unspecified atom stereocenters. The summed E-state index contributed by atoms with van der Waals surface area (Å²) in [5.41, 5.74) is 1.97. The van der Waals surface area contributed by atoms with Gasteiger partial charge in [0.05, 0.1) is 16.8 Å². The van der Waals surface area contributed by atoms with Crippen LogP contribution in [0.5, 0.6) is 11.5 Å². The third-order valence-corrected chi connectivity index (χ3v) is 5.31. The molecule has 156 valence electrons. The normalized spacial score (nSPS) is 13.7. The largest absolute Gasteiger partial charge is 0.479 e. The van der Waals surface area contributed by atoms with Crippen LogP contribution in [0.2, 0.25) is 5.02 Å². The van der Waals surface area contributed by atoms with Crippen LogP contribution in [0.15, 0.2) is 66.7 Å². The van der Waals surface area contributed by atoms with Gasteiger partial charge < -0.3 is 9.47 Å². The van der Waals surface area contributed by atoms with Crippen LogP contribution in [0.1, 0.15) is 33.2 Å². The molecule has 6 nitrogen and oxygen atoms in total. The van der Waals surface area contributed by atoms with E-state index in [2.05, 4.69) is 0 Å². The van der Waals surface area contributed by atoms with Crippen molar-refractivity contribution in [2.24, 2.45) is 0 Å². The Hall–Kier alpha value is -3.64. The highest BCUT2D eigenvalue weighted by molar-refractivity contribution is 6.34. The van der Waals surface area contributed by atoms with Crippen LogP contribution < -0.4 is 14.4 Å². The van der Waals surface area contributed by atoms with Crippen LogP contribution >= 0.6 is 11.6 Å². The molecule has 0 spiro atoms. The molecule has 7 heteroatoms. The number of benzene rings is 3. The maximum absolute atomic E-state index is 12.6. The first kappa shape index (κ1) is 20.6. The van der Waals surface area contributed by atoms with Crippen LogP contribution in [0.3, 0.4) is 0 Å². The first-order chi connectivity index (χ1) is 14.8. The van der Waals surface area contributed by atoms with Crippen LogP contribution in [0, 0.1) is 6.92 Å². The van der Waals surface area contributed by atoms with Gasteiger partial charge >= 0.3 is 5.97 Å². The molecule has 4 rings (SSSR count). The Morgan fingerprint density at radius 1 is 0.903 bits per heavy atom. The molecular formula is C24H18ClNO5. The van der Waals surface area contributed by atoms with Crippen LogP contribution in [-0.2, 0) is 4.79 Å². The van der Waals surface area contributed by atoms with Crippen LogP contribution in [0.25, 0.3) is 0 Å². The maximum atomic E-state index is 12.6. The molecule has 0 bridgehead atoms. The minimum atomic E-state index is -0.850. The Labute approximate surface area is 184 Å². The molecule has 0 aliphatic carbocycles. The number of ether oxygens (including phenoxy) is 2. The van der Waals surface area contributed by atoms with E-state index in [1.807, 2.05) is 6.92 Å². The number of amides is 2. The SMILES string of the molecule is Cc1cc(OC(C)C(=O)Oc2ccc(N3C(=O)c4ccccc4C3=O)cc2)ccc1Cl. The fourth-order valence-corrected chi connectivity index (χ4v) is 3.35. The Morgan fingerprint density at radius 2 is 1.48 bits per heavy atom. The lowest BCUT2D eigenvalue weighted by Crippen LogP contribution is -2.29. The van der Waals surface area contributed by atoms with Gasteiger partial charge in [0.15, 0.2) is 6.10 Å². The summed E-state index contributed by atoms with van der Waals surface area (Å²) in [6.45, 7) is 3.42. The fraction of sp³-hybridized carbons (Fsp3) is 0.125. The van der Waals surface area contributed by atoms with E-state index in [9.17, 15) is 14.4 Å². The molecule has 2 amide bonds. The summed E-state index contributed by atoms with van der Waals surface area (Å²) >= 11 is 6.00. The molecule has 31 heavy (non-hydrogen) atoms. The number of esters is 1. The Balaban J connectivity index is 1.43. The minimum Gasteiger partial charge on any atom is -0.479 e. The smallest absolute Gasteiger partial charge is 0.352 e. The molecule has 3 aromatic rings. The predicted octanol–water partition coefficient (Wildman–Crippen LogP) is 4.82. The third-order valence-electron chi connectivity index (χ3n) is 4.88. The lowest BCUT2D eigenvalue weighted by molar-refractivity contribution is -0.141. The number of imide groups is 1. The molecule has 0 saturated carbocycles. The van der Waals surface area contributed by atoms with Crippen molar-refractivity contribution in [3.63, 3.8) is 0 Å². The first-order valence-corrected chi connectivity index (χ1v) is 9.95. The molecule has 1 heterocycles. The van der Waals surface area contributed by atoms with Gasteiger partial charge in [-0.1, -0.05) is 23.7 Å². The lowest BCUT2D eigenvalue weighted by atomic mass is 10.1. The van der Waals surface area contributed by atoms with Crippen molar-refractivity contribution in [1.82, 2.24) is 0 Å². The van der Waals surface area contributed by atoms with Crippen molar-refractivity contribution in [2.75, 3.05) is 4.90 Å². The van der Waals surface area contributed by atoms with E-state index >= 15 is 0 Å². The first-order valence-electron chi connectivity index (χ1n) is 9.57. The lowest BCUT2D eigenvalue weighted by Gasteiger charge is -2.16. The molecule has 3 aromatic carbocycles.